The molecule has 1 aromatic heterocycles. The molecule has 0 fully saturated rings. The Morgan fingerprint density at radius 2 is 2.00 bits per heavy atom. The molecule has 2 rings (SSSR count). The number of nitrogens with zero attached hydrogens (tertiary/aromatic N) is 1. The van der Waals surface area contributed by atoms with Gasteiger partial charge >= 0.3 is 11.9 Å². The highest BCUT2D eigenvalue weighted by Gasteiger charge is 2.19. The minimum Gasteiger partial charge on any atom is -0.478 e. The van der Waals surface area contributed by atoms with E-state index in [1.54, 1.807) is 43.5 Å². The lowest BCUT2D eigenvalue weighted by molar-refractivity contribution is -0.155. The average Bonchev–Trinajstić information content (AvgIpc) is 2.64. The van der Waals surface area contributed by atoms with Crippen molar-refractivity contribution in [1.29, 1.82) is 0 Å². The fourth-order valence-corrected chi connectivity index (χ4v) is 2.44. The van der Waals surface area contributed by atoms with Crippen LogP contribution in [-0.2, 0) is 16.1 Å². The Morgan fingerprint density at radius 1 is 1.33 bits per heavy atom. The Hall–Kier alpha value is -1.82. The number of carbonyl (C=O) groups excluding carboxylic acids is 1. The number of carbonyl (C=O) groups is 2. The fourth-order valence-electron chi connectivity index (χ4n) is 2.08. The van der Waals surface area contributed by atoms with Crippen molar-refractivity contribution in [2.45, 2.75) is 32.9 Å². The van der Waals surface area contributed by atoms with Gasteiger partial charge in [0.2, 0.25) is 0 Å². The smallest absolute Gasteiger partial charge is 0.337 e. The Bertz CT molecular complexity index is 712. The molecule has 1 N–H and O–H groups in total. The van der Waals surface area contributed by atoms with Crippen molar-refractivity contribution >= 4 is 38.8 Å². The minimum absolute atomic E-state index is 0.0251. The SMILES string of the molecule is CC(C)(C)OC(=O)Cn1cc(C(=O)O)c2cc(Br)ccc21. The van der Waals surface area contributed by atoms with Crippen molar-refractivity contribution in [1.82, 2.24) is 4.57 Å². The molecule has 0 atom stereocenters. The lowest BCUT2D eigenvalue weighted by atomic mass is 10.2. The fraction of sp³-hybridized carbons (Fsp3) is 0.333. The molecule has 2 aromatic rings. The molecule has 0 saturated carbocycles. The summed E-state index contributed by atoms with van der Waals surface area (Å²) < 4.78 is 7.65. The number of carboxylic acid groups (broad SMARTS) is 1. The molecule has 0 aliphatic carbocycles. The van der Waals surface area contributed by atoms with Crippen molar-refractivity contribution in [3.63, 3.8) is 0 Å². The molecule has 0 aliphatic rings. The van der Waals surface area contributed by atoms with Crippen LogP contribution in [0.15, 0.2) is 28.9 Å². The summed E-state index contributed by atoms with van der Waals surface area (Å²) in [4.78, 5) is 23.2. The van der Waals surface area contributed by atoms with Gasteiger partial charge in [-0.05, 0) is 39.0 Å². The molecule has 0 unspecified atom stereocenters. The third-order valence-corrected chi connectivity index (χ3v) is 3.29. The van der Waals surface area contributed by atoms with E-state index < -0.39 is 17.5 Å². The molecule has 0 amide bonds. The van der Waals surface area contributed by atoms with Gasteiger partial charge < -0.3 is 14.4 Å². The number of rotatable bonds is 3. The Balaban J connectivity index is 2.41. The van der Waals surface area contributed by atoms with E-state index >= 15 is 0 Å². The maximum Gasteiger partial charge on any atom is 0.337 e. The monoisotopic (exact) mass is 353 g/mol. The zero-order chi connectivity index (χ0) is 15.8. The standard InChI is InChI=1S/C15H16BrNO4/c1-15(2,3)21-13(18)8-17-7-11(14(19)20)10-6-9(16)4-5-12(10)17/h4-7H,8H2,1-3H3,(H,19,20). The maximum atomic E-state index is 11.9. The van der Waals surface area contributed by atoms with Gasteiger partial charge in [-0.2, -0.15) is 0 Å². The third kappa shape index (κ3) is 3.64. The van der Waals surface area contributed by atoms with Gasteiger partial charge in [0, 0.05) is 21.6 Å². The number of carboxylic acids is 1. The lowest BCUT2D eigenvalue weighted by Crippen LogP contribution is -2.26. The number of ether oxygens (including phenoxy) is 1. The van der Waals surface area contributed by atoms with E-state index in [4.69, 9.17) is 4.74 Å². The van der Waals surface area contributed by atoms with Crippen LogP contribution in [0.25, 0.3) is 10.9 Å². The number of aromatic nitrogens is 1. The van der Waals surface area contributed by atoms with Crippen molar-refractivity contribution < 1.29 is 19.4 Å². The first-order valence-corrected chi connectivity index (χ1v) is 7.20. The summed E-state index contributed by atoms with van der Waals surface area (Å²) in [6, 6.07) is 5.31. The molecule has 1 aromatic carbocycles. The lowest BCUT2D eigenvalue weighted by Gasteiger charge is -2.19. The molecule has 21 heavy (non-hydrogen) atoms. The second kappa shape index (κ2) is 5.52. The zero-order valence-corrected chi connectivity index (χ0v) is 13.6. The van der Waals surface area contributed by atoms with E-state index in [9.17, 15) is 14.7 Å². The van der Waals surface area contributed by atoms with Crippen LogP contribution in [0.3, 0.4) is 0 Å². The number of esters is 1. The number of hydrogen-bond acceptors (Lipinski definition) is 3. The molecule has 6 heteroatoms. The topological polar surface area (TPSA) is 68.5 Å². The average molecular weight is 354 g/mol. The predicted octanol–water partition coefficient (Wildman–Crippen LogP) is 3.44. The molecular weight excluding hydrogens is 338 g/mol. The van der Waals surface area contributed by atoms with Crippen LogP contribution in [0.1, 0.15) is 31.1 Å². The predicted molar refractivity (Wildman–Crippen MR) is 82.4 cm³/mol. The number of benzene rings is 1. The van der Waals surface area contributed by atoms with E-state index in [2.05, 4.69) is 15.9 Å². The van der Waals surface area contributed by atoms with E-state index in [1.165, 1.54) is 6.20 Å². The summed E-state index contributed by atoms with van der Waals surface area (Å²) in [6.07, 6.45) is 1.46. The molecule has 112 valence electrons. The van der Waals surface area contributed by atoms with E-state index in [-0.39, 0.29) is 12.1 Å². The van der Waals surface area contributed by atoms with Gasteiger partial charge in [0.1, 0.15) is 12.1 Å². The van der Waals surface area contributed by atoms with Gasteiger partial charge in [0.25, 0.3) is 0 Å². The molecule has 0 aliphatic heterocycles. The van der Waals surface area contributed by atoms with Gasteiger partial charge in [0.05, 0.1) is 5.56 Å². The van der Waals surface area contributed by atoms with Crippen LogP contribution in [-0.4, -0.2) is 27.2 Å². The Labute approximate surface area is 130 Å². The second-order valence-electron chi connectivity index (χ2n) is 5.72. The highest BCUT2D eigenvalue weighted by Crippen LogP contribution is 2.25. The molecule has 0 bridgehead atoms. The van der Waals surface area contributed by atoms with Crippen LogP contribution < -0.4 is 0 Å². The van der Waals surface area contributed by atoms with Gasteiger partial charge in [-0.1, -0.05) is 15.9 Å². The first kappa shape index (κ1) is 15.6. The van der Waals surface area contributed by atoms with E-state index in [1.807, 2.05) is 0 Å². The number of hydrogen-bond donors (Lipinski definition) is 1. The van der Waals surface area contributed by atoms with Gasteiger partial charge in [-0.25, -0.2) is 4.79 Å². The van der Waals surface area contributed by atoms with E-state index in [0.29, 0.717) is 10.9 Å². The summed E-state index contributed by atoms with van der Waals surface area (Å²) in [6.45, 7) is 5.35. The van der Waals surface area contributed by atoms with Crippen molar-refractivity contribution in [3.8, 4) is 0 Å². The maximum absolute atomic E-state index is 11.9. The second-order valence-corrected chi connectivity index (χ2v) is 6.64. The van der Waals surface area contributed by atoms with Crippen molar-refractivity contribution in [2.24, 2.45) is 0 Å². The van der Waals surface area contributed by atoms with Gasteiger partial charge in [-0.15, -0.1) is 0 Å². The van der Waals surface area contributed by atoms with Crippen LogP contribution in [0.4, 0.5) is 0 Å². The summed E-state index contributed by atoms with van der Waals surface area (Å²) in [5.41, 5.74) is 0.273. The first-order valence-electron chi connectivity index (χ1n) is 6.41. The number of fused-ring (bicyclic) bond motifs is 1. The molecular formula is C15H16BrNO4. The summed E-state index contributed by atoms with van der Waals surface area (Å²) in [5.74, 6) is -1.43. The van der Waals surface area contributed by atoms with Crippen molar-refractivity contribution in [2.75, 3.05) is 0 Å². The molecule has 0 radical (unpaired) electrons. The van der Waals surface area contributed by atoms with Gasteiger partial charge in [-0.3, -0.25) is 4.79 Å². The largest absolute Gasteiger partial charge is 0.478 e. The summed E-state index contributed by atoms with van der Waals surface area (Å²) >= 11 is 3.32. The number of aromatic carboxylic acids is 1. The molecule has 0 spiro atoms. The van der Waals surface area contributed by atoms with Crippen LogP contribution in [0, 0.1) is 0 Å². The van der Waals surface area contributed by atoms with Gasteiger partial charge in [0.15, 0.2) is 0 Å². The Kier molecular flexibility index (Phi) is 4.09. The van der Waals surface area contributed by atoms with Crippen molar-refractivity contribution in [3.05, 3.63) is 34.4 Å². The normalized spacial score (nSPS) is 11.6. The molecule has 5 nitrogen and oxygen atoms in total. The highest BCUT2D eigenvalue weighted by atomic mass is 79.9. The molecule has 0 saturated heterocycles. The quantitative estimate of drug-likeness (QED) is 0.858. The minimum atomic E-state index is -1.03. The summed E-state index contributed by atoms with van der Waals surface area (Å²) in [5, 5.41) is 9.85. The highest BCUT2D eigenvalue weighted by molar-refractivity contribution is 9.10. The number of halogens is 1. The van der Waals surface area contributed by atoms with Crippen LogP contribution in [0.5, 0.6) is 0 Å². The zero-order valence-electron chi connectivity index (χ0n) is 12.0. The van der Waals surface area contributed by atoms with Crippen LogP contribution >= 0.6 is 15.9 Å². The van der Waals surface area contributed by atoms with Crippen LogP contribution in [0.2, 0.25) is 0 Å². The van der Waals surface area contributed by atoms with E-state index in [0.717, 1.165) is 4.47 Å². The Morgan fingerprint density at radius 3 is 2.57 bits per heavy atom. The molecule has 1 heterocycles. The first-order chi connectivity index (χ1) is 9.67. The third-order valence-electron chi connectivity index (χ3n) is 2.79. The summed E-state index contributed by atoms with van der Waals surface area (Å²) in [7, 11) is 0.